The average molecular weight is 200 g/mol. The molecule has 0 bridgehead atoms. The summed E-state index contributed by atoms with van der Waals surface area (Å²) < 4.78 is 55.0. The molecule has 1 fully saturated rings. The van der Waals surface area contributed by atoms with Gasteiger partial charge in [-0.2, -0.15) is 17.6 Å². The van der Waals surface area contributed by atoms with Gasteiger partial charge in [-0.15, -0.1) is 0 Å². The van der Waals surface area contributed by atoms with Crippen LogP contribution in [0, 0.1) is 5.92 Å². The molecule has 1 saturated heterocycles. The molecule has 1 aliphatic heterocycles. The van der Waals surface area contributed by atoms with E-state index in [0.717, 1.165) is 6.92 Å². The number of alkyl halides is 4. The third-order valence-electron chi connectivity index (χ3n) is 2.39. The molecule has 0 spiro atoms. The summed E-state index contributed by atoms with van der Waals surface area (Å²) in [4.78, 5) is 0. The van der Waals surface area contributed by atoms with E-state index in [1.807, 2.05) is 0 Å². The van der Waals surface area contributed by atoms with Crippen LogP contribution in [-0.4, -0.2) is 18.1 Å². The summed E-state index contributed by atoms with van der Waals surface area (Å²) >= 11 is 0. The molecule has 0 radical (unpaired) electrons. The van der Waals surface area contributed by atoms with E-state index < -0.39 is 24.1 Å². The lowest BCUT2D eigenvalue weighted by Gasteiger charge is -2.39. The standard InChI is InChI=1S/C8H12F4O/c1-3-6-4-5(2)7(9,10)8(11,12)13-6/h5-6H,3-4H2,1-2H3. The fraction of sp³-hybridized carbons (Fsp3) is 1.00. The zero-order valence-corrected chi connectivity index (χ0v) is 7.49. The van der Waals surface area contributed by atoms with Gasteiger partial charge < -0.3 is 4.74 Å². The van der Waals surface area contributed by atoms with E-state index in [-0.39, 0.29) is 6.42 Å². The smallest absolute Gasteiger partial charge is 0.312 e. The van der Waals surface area contributed by atoms with Crippen molar-refractivity contribution in [3.63, 3.8) is 0 Å². The van der Waals surface area contributed by atoms with Gasteiger partial charge in [0.25, 0.3) is 0 Å². The van der Waals surface area contributed by atoms with Crippen molar-refractivity contribution >= 4 is 0 Å². The molecular weight excluding hydrogens is 188 g/mol. The topological polar surface area (TPSA) is 9.23 Å². The normalized spacial score (nSPS) is 37.4. The predicted molar refractivity (Wildman–Crippen MR) is 38.8 cm³/mol. The van der Waals surface area contributed by atoms with Crippen LogP contribution in [-0.2, 0) is 4.74 Å². The van der Waals surface area contributed by atoms with Gasteiger partial charge in [-0.25, -0.2) is 0 Å². The maximum atomic E-state index is 12.8. The molecule has 0 amide bonds. The molecule has 1 heterocycles. The second-order valence-corrected chi connectivity index (χ2v) is 3.42. The highest BCUT2D eigenvalue weighted by Crippen LogP contribution is 2.47. The number of ether oxygens (including phenoxy) is 1. The van der Waals surface area contributed by atoms with E-state index in [2.05, 4.69) is 4.74 Å². The van der Waals surface area contributed by atoms with Crippen molar-refractivity contribution in [2.75, 3.05) is 0 Å². The summed E-state index contributed by atoms with van der Waals surface area (Å²) in [5, 5.41) is 0. The number of rotatable bonds is 1. The Bertz CT molecular complexity index is 193. The fourth-order valence-corrected chi connectivity index (χ4v) is 1.42. The lowest BCUT2D eigenvalue weighted by molar-refractivity contribution is -0.398. The lowest BCUT2D eigenvalue weighted by Crippen LogP contribution is -2.54. The molecule has 2 unspecified atom stereocenters. The Kier molecular flexibility index (Phi) is 2.58. The second kappa shape index (κ2) is 3.12. The molecular formula is C8H12F4O. The van der Waals surface area contributed by atoms with Crippen molar-refractivity contribution in [1.82, 2.24) is 0 Å². The molecule has 5 heteroatoms. The molecule has 0 aliphatic carbocycles. The van der Waals surface area contributed by atoms with Crippen molar-refractivity contribution in [2.24, 2.45) is 5.92 Å². The number of hydrogen-bond acceptors (Lipinski definition) is 1. The molecule has 0 saturated carbocycles. The van der Waals surface area contributed by atoms with Crippen LogP contribution in [0.5, 0.6) is 0 Å². The minimum atomic E-state index is -4.31. The van der Waals surface area contributed by atoms with Crippen molar-refractivity contribution in [3.8, 4) is 0 Å². The SMILES string of the molecule is CCC1CC(C)C(F)(F)C(F)(F)O1. The first-order chi connectivity index (χ1) is 5.81. The summed E-state index contributed by atoms with van der Waals surface area (Å²) in [5.74, 6) is -5.38. The van der Waals surface area contributed by atoms with E-state index in [1.54, 1.807) is 6.92 Å². The zero-order valence-electron chi connectivity index (χ0n) is 7.49. The first-order valence-corrected chi connectivity index (χ1v) is 4.24. The van der Waals surface area contributed by atoms with Crippen LogP contribution >= 0.6 is 0 Å². The van der Waals surface area contributed by atoms with E-state index >= 15 is 0 Å². The van der Waals surface area contributed by atoms with Crippen LogP contribution in [0.4, 0.5) is 17.6 Å². The summed E-state index contributed by atoms with van der Waals surface area (Å²) in [6.07, 6.45) is -4.76. The Morgan fingerprint density at radius 3 is 2.23 bits per heavy atom. The Labute approximate surface area is 74.1 Å². The third-order valence-corrected chi connectivity index (χ3v) is 2.39. The third kappa shape index (κ3) is 1.66. The maximum Gasteiger partial charge on any atom is 0.419 e. The summed E-state index contributed by atoms with van der Waals surface area (Å²) in [7, 11) is 0. The first kappa shape index (κ1) is 10.8. The first-order valence-electron chi connectivity index (χ1n) is 4.24. The van der Waals surface area contributed by atoms with Crippen LogP contribution in [0.1, 0.15) is 26.7 Å². The number of halogens is 4. The van der Waals surface area contributed by atoms with Crippen LogP contribution in [0.15, 0.2) is 0 Å². The second-order valence-electron chi connectivity index (χ2n) is 3.42. The van der Waals surface area contributed by atoms with Gasteiger partial charge in [0.05, 0.1) is 6.10 Å². The largest absolute Gasteiger partial charge is 0.419 e. The van der Waals surface area contributed by atoms with E-state index in [1.165, 1.54) is 0 Å². The monoisotopic (exact) mass is 200 g/mol. The quantitative estimate of drug-likeness (QED) is 0.591. The molecule has 1 nitrogen and oxygen atoms in total. The minimum absolute atomic E-state index is 0.0148. The Morgan fingerprint density at radius 1 is 1.31 bits per heavy atom. The van der Waals surface area contributed by atoms with Gasteiger partial charge in [0, 0.05) is 5.92 Å². The Balaban J connectivity index is 2.82. The highest BCUT2D eigenvalue weighted by molar-refractivity contribution is 4.89. The van der Waals surface area contributed by atoms with Gasteiger partial charge >= 0.3 is 12.0 Å². The van der Waals surface area contributed by atoms with Crippen LogP contribution in [0.3, 0.4) is 0 Å². The van der Waals surface area contributed by atoms with E-state index in [9.17, 15) is 17.6 Å². The highest BCUT2D eigenvalue weighted by atomic mass is 19.3. The Morgan fingerprint density at radius 2 is 1.85 bits per heavy atom. The molecule has 1 rings (SSSR count). The number of hydrogen-bond donors (Lipinski definition) is 0. The lowest BCUT2D eigenvalue weighted by atomic mass is 9.91. The zero-order chi connectivity index (χ0) is 10.3. The van der Waals surface area contributed by atoms with E-state index in [4.69, 9.17) is 0 Å². The van der Waals surface area contributed by atoms with Crippen molar-refractivity contribution < 1.29 is 22.3 Å². The summed E-state index contributed by atoms with van der Waals surface area (Å²) in [6, 6.07) is 0. The van der Waals surface area contributed by atoms with Crippen LogP contribution in [0.2, 0.25) is 0 Å². The molecule has 0 aromatic heterocycles. The van der Waals surface area contributed by atoms with Gasteiger partial charge in [-0.3, -0.25) is 0 Å². The average Bonchev–Trinajstić information content (AvgIpc) is 2.00. The van der Waals surface area contributed by atoms with Gasteiger partial charge in [0.1, 0.15) is 0 Å². The molecule has 0 aromatic rings. The van der Waals surface area contributed by atoms with Gasteiger partial charge in [-0.1, -0.05) is 13.8 Å². The van der Waals surface area contributed by atoms with Crippen molar-refractivity contribution in [1.29, 1.82) is 0 Å². The molecule has 2 atom stereocenters. The van der Waals surface area contributed by atoms with Gasteiger partial charge in [0.15, 0.2) is 0 Å². The summed E-state index contributed by atoms with van der Waals surface area (Å²) in [5.41, 5.74) is 0. The maximum absolute atomic E-state index is 12.8. The molecule has 78 valence electrons. The van der Waals surface area contributed by atoms with Crippen molar-refractivity contribution in [3.05, 3.63) is 0 Å². The summed E-state index contributed by atoms with van der Waals surface area (Å²) in [6.45, 7) is 2.76. The predicted octanol–water partition coefficient (Wildman–Crippen LogP) is 3.05. The molecule has 1 aliphatic rings. The van der Waals surface area contributed by atoms with Crippen LogP contribution < -0.4 is 0 Å². The van der Waals surface area contributed by atoms with Crippen molar-refractivity contribution in [2.45, 2.75) is 44.8 Å². The highest BCUT2D eigenvalue weighted by Gasteiger charge is 2.64. The fourth-order valence-electron chi connectivity index (χ4n) is 1.42. The molecule has 13 heavy (non-hydrogen) atoms. The van der Waals surface area contributed by atoms with Crippen LogP contribution in [0.25, 0.3) is 0 Å². The van der Waals surface area contributed by atoms with E-state index in [0.29, 0.717) is 6.42 Å². The Hall–Kier alpha value is -0.320. The van der Waals surface area contributed by atoms with Gasteiger partial charge in [-0.05, 0) is 12.8 Å². The molecule has 0 aromatic carbocycles. The van der Waals surface area contributed by atoms with Gasteiger partial charge in [0.2, 0.25) is 0 Å². The minimum Gasteiger partial charge on any atom is -0.312 e. The molecule has 0 N–H and O–H groups in total.